The molecule has 5 nitrogen and oxygen atoms in total. The number of hydrogen-bond acceptors (Lipinski definition) is 3. The summed E-state index contributed by atoms with van der Waals surface area (Å²) in [4.78, 5) is 23.9. The van der Waals surface area contributed by atoms with E-state index in [1.807, 2.05) is 6.92 Å². The van der Waals surface area contributed by atoms with Gasteiger partial charge in [-0.25, -0.2) is 0 Å². The van der Waals surface area contributed by atoms with E-state index in [4.69, 9.17) is 0 Å². The van der Waals surface area contributed by atoms with Gasteiger partial charge in [-0.05, 0) is 6.92 Å². The van der Waals surface area contributed by atoms with Crippen molar-refractivity contribution in [2.75, 3.05) is 26.2 Å². The summed E-state index contributed by atoms with van der Waals surface area (Å²) in [5, 5.41) is 5.76. The highest BCUT2D eigenvalue weighted by molar-refractivity contribution is 5.83. The fourth-order valence-electron chi connectivity index (χ4n) is 1.47. The average Bonchev–Trinajstić information content (AvgIpc) is 2.14. The lowest BCUT2D eigenvalue weighted by Gasteiger charge is -2.31. The zero-order valence-corrected chi connectivity index (χ0v) is 8.67. The van der Waals surface area contributed by atoms with Crippen molar-refractivity contribution in [2.24, 2.45) is 0 Å². The first kappa shape index (κ1) is 11.0. The Morgan fingerprint density at radius 1 is 1.57 bits per heavy atom. The van der Waals surface area contributed by atoms with E-state index in [9.17, 15) is 9.59 Å². The third-order valence-electron chi connectivity index (χ3n) is 2.21. The number of carbonyl (C=O) groups excluding carboxylic acids is 2. The molecule has 1 saturated heterocycles. The molecule has 0 aromatic carbocycles. The molecule has 0 bridgehead atoms. The molecule has 1 aliphatic heterocycles. The van der Waals surface area contributed by atoms with Crippen LogP contribution in [0.2, 0.25) is 0 Å². The Morgan fingerprint density at radius 3 is 2.86 bits per heavy atom. The maximum absolute atomic E-state index is 11.5. The number of hydrogen-bond donors (Lipinski definition) is 2. The maximum Gasteiger partial charge on any atom is 0.242 e. The number of piperazine rings is 1. The first-order valence-corrected chi connectivity index (χ1v) is 4.85. The molecule has 1 rings (SSSR count). The minimum atomic E-state index is -0.165. The number of amides is 2. The summed E-state index contributed by atoms with van der Waals surface area (Å²) in [6, 6.07) is 0.338. The minimum absolute atomic E-state index is 0.00597. The van der Waals surface area contributed by atoms with Crippen molar-refractivity contribution in [3.05, 3.63) is 0 Å². The summed E-state index contributed by atoms with van der Waals surface area (Å²) in [6.45, 7) is 5.84. The predicted octanol–water partition coefficient (Wildman–Crippen LogP) is -1.06. The molecule has 0 unspecified atom stereocenters. The van der Waals surface area contributed by atoms with Gasteiger partial charge in [0, 0.05) is 32.6 Å². The van der Waals surface area contributed by atoms with E-state index < -0.39 is 0 Å². The van der Waals surface area contributed by atoms with Gasteiger partial charge in [0.15, 0.2) is 0 Å². The standard InChI is InChI=1S/C9H17N3O2/c1-7-6-12(4-3-10-7)9(14)5-11-8(2)13/h7,10H,3-6H2,1-2H3,(H,11,13)/t7-/m1/s1. The van der Waals surface area contributed by atoms with Gasteiger partial charge in [0.25, 0.3) is 0 Å². The van der Waals surface area contributed by atoms with Crippen LogP contribution in [-0.4, -0.2) is 48.9 Å². The summed E-state index contributed by atoms with van der Waals surface area (Å²) in [7, 11) is 0. The van der Waals surface area contributed by atoms with E-state index >= 15 is 0 Å². The van der Waals surface area contributed by atoms with Crippen LogP contribution in [0.3, 0.4) is 0 Å². The largest absolute Gasteiger partial charge is 0.347 e. The van der Waals surface area contributed by atoms with Crippen LogP contribution < -0.4 is 10.6 Å². The lowest BCUT2D eigenvalue weighted by Crippen LogP contribution is -2.53. The lowest BCUT2D eigenvalue weighted by atomic mass is 10.2. The van der Waals surface area contributed by atoms with Crippen LogP contribution >= 0.6 is 0 Å². The molecule has 0 radical (unpaired) electrons. The Labute approximate surface area is 83.8 Å². The Morgan fingerprint density at radius 2 is 2.29 bits per heavy atom. The van der Waals surface area contributed by atoms with Gasteiger partial charge in [0.2, 0.25) is 11.8 Å². The van der Waals surface area contributed by atoms with Crippen molar-refractivity contribution >= 4 is 11.8 Å². The van der Waals surface area contributed by atoms with Crippen molar-refractivity contribution in [1.82, 2.24) is 15.5 Å². The fourth-order valence-corrected chi connectivity index (χ4v) is 1.47. The molecule has 14 heavy (non-hydrogen) atoms. The third-order valence-corrected chi connectivity index (χ3v) is 2.21. The van der Waals surface area contributed by atoms with E-state index in [1.165, 1.54) is 6.92 Å². The van der Waals surface area contributed by atoms with Crippen LogP contribution in [-0.2, 0) is 9.59 Å². The Bertz CT molecular complexity index is 230. The van der Waals surface area contributed by atoms with Crippen LogP contribution in [0.15, 0.2) is 0 Å². The quantitative estimate of drug-likeness (QED) is 0.596. The van der Waals surface area contributed by atoms with Gasteiger partial charge in [-0.1, -0.05) is 0 Å². The molecule has 0 aliphatic carbocycles. The van der Waals surface area contributed by atoms with E-state index in [0.717, 1.165) is 19.6 Å². The van der Waals surface area contributed by atoms with Crippen molar-refractivity contribution in [2.45, 2.75) is 19.9 Å². The molecule has 0 aromatic heterocycles. The molecule has 2 amide bonds. The van der Waals surface area contributed by atoms with E-state index in [0.29, 0.717) is 6.04 Å². The maximum atomic E-state index is 11.5. The van der Waals surface area contributed by atoms with Crippen LogP contribution in [0, 0.1) is 0 Å². The van der Waals surface area contributed by atoms with E-state index in [1.54, 1.807) is 4.90 Å². The summed E-state index contributed by atoms with van der Waals surface area (Å²) >= 11 is 0. The van der Waals surface area contributed by atoms with Gasteiger partial charge in [0.05, 0.1) is 6.54 Å². The van der Waals surface area contributed by atoms with Gasteiger partial charge in [-0.3, -0.25) is 9.59 Å². The lowest BCUT2D eigenvalue weighted by molar-refractivity contribution is -0.133. The van der Waals surface area contributed by atoms with Crippen LogP contribution in [0.5, 0.6) is 0 Å². The molecule has 5 heteroatoms. The monoisotopic (exact) mass is 199 g/mol. The van der Waals surface area contributed by atoms with Crippen LogP contribution in [0.25, 0.3) is 0 Å². The summed E-state index contributed by atoms with van der Waals surface area (Å²) in [6.07, 6.45) is 0. The molecular weight excluding hydrogens is 182 g/mol. The topological polar surface area (TPSA) is 61.4 Å². The molecular formula is C9H17N3O2. The minimum Gasteiger partial charge on any atom is -0.347 e. The van der Waals surface area contributed by atoms with E-state index in [-0.39, 0.29) is 18.4 Å². The normalized spacial score (nSPS) is 21.9. The second kappa shape index (κ2) is 4.95. The molecule has 2 N–H and O–H groups in total. The van der Waals surface area contributed by atoms with Gasteiger partial charge in [-0.2, -0.15) is 0 Å². The Kier molecular flexibility index (Phi) is 3.88. The first-order chi connectivity index (χ1) is 6.59. The molecule has 1 atom stereocenters. The van der Waals surface area contributed by atoms with Crippen molar-refractivity contribution < 1.29 is 9.59 Å². The molecule has 80 valence electrons. The first-order valence-electron chi connectivity index (χ1n) is 4.85. The van der Waals surface area contributed by atoms with Gasteiger partial charge >= 0.3 is 0 Å². The number of nitrogens with zero attached hydrogens (tertiary/aromatic N) is 1. The van der Waals surface area contributed by atoms with Crippen LogP contribution in [0.1, 0.15) is 13.8 Å². The Balaban J connectivity index is 2.32. The summed E-state index contributed by atoms with van der Waals surface area (Å²) < 4.78 is 0. The molecule has 0 saturated carbocycles. The highest BCUT2D eigenvalue weighted by atomic mass is 16.2. The predicted molar refractivity (Wildman–Crippen MR) is 52.7 cm³/mol. The second-order valence-electron chi connectivity index (χ2n) is 3.60. The number of nitrogens with one attached hydrogen (secondary N) is 2. The van der Waals surface area contributed by atoms with Crippen molar-refractivity contribution in [3.8, 4) is 0 Å². The van der Waals surface area contributed by atoms with Crippen molar-refractivity contribution in [1.29, 1.82) is 0 Å². The van der Waals surface area contributed by atoms with E-state index in [2.05, 4.69) is 10.6 Å². The zero-order valence-electron chi connectivity index (χ0n) is 8.67. The Hall–Kier alpha value is -1.10. The highest BCUT2D eigenvalue weighted by Crippen LogP contribution is 1.98. The van der Waals surface area contributed by atoms with Crippen molar-refractivity contribution in [3.63, 3.8) is 0 Å². The second-order valence-corrected chi connectivity index (χ2v) is 3.60. The highest BCUT2D eigenvalue weighted by Gasteiger charge is 2.19. The zero-order chi connectivity index (χ0) is 10.6. The molecule has 0 aromatic rings. The number of rotatable bonds is 2. The van der Waals surface area contributed by atoms with Gasteiger partial charge < -0.3 is 15.5 Å². The molecule has 0 spiro atoms. The average molecular weight is 199 g/mol. The molecule has 1 heterocycles. The SMILES string of the molecule is CC(=O)NCC(=O)N1CCN[C@H](C)C1. The molecule has 1 aliphatic rings. The smallest absolute Gasteiger partial charge is 0.242 e. The number of carbonyl (C=O) groups is 2. The molecule has 1 fully saturated rings. The van der Waals surface area contributed by atoms with Crippen LogP contribution in [0.4, 0.5) is 0 Å². The van der Waals surface area contributed by atoms with Gasteiger partial charge in [0.1, 0.15) is 0 Å². The third kappa shape index (κ3) is 3.33. The summed E-state index contributed by atoms with van der Waals surface area (Å²) in [5.41, 5.74) is 0. The van der Waals surface area contributed by atoms with Gasteiger partial charge in [-0.15, -0.1) is 0 Å². The fraction of sp³-hybridized carbons (Fsp3) is 0.778. The summed E-state index contributed by atoms with van der Waals surface area (Å²) in [5.74, 6) is -0.171.